The Morgan fingerprint density at radius 3 is 2.00 bits per heavy atom. The van der Waals surface area contributed by atoms with Gasteiger partial charge in [0.1, 0.15) is 11.2 Å². The fraction of sp³-hybridized carbons (Fsp3) is 0. The van der Waals surface area contributed by atoms with Crippen LogP contribution in [0.25, 0.3) is 98.4 Å². The minimum atomic E-state index is 0.657. The highest BCUT2D eigenvalue weighted by molar-refractivity contribution is 7.25. The average Bonchev–Trinajstić information content (AvgIpc) is 3.77. The van der Waals surface area contributed by atoms with Crippen LogP contribution < -0.4 is 0 Å². The van der Waals surface area contributed by atoms with Crippen molar-refractivity contribution >= 4 is 53.4 Å². The first-order valence-electron chi connectivity index (χ1n) is 16.6. The number of nitrogens with zero attached hydrogens (tertiary/aromatic N) is 3. The molecule has 5 heteroatoms. The Morgan fingerprint density at radius 1 is 0.440 bits per heavy atom. The van der Waals surface area contributed by atoms with Gasteiger partial charge in [0.2, 0.25) is 0 Å². The van der Waals surface area contributed by atoms with Crippen molar-refractivity contribution in [3.05, 3.63) is 164 Å². The van der Waals surface area contributed by atoms with E-state index in [-0.39, 0.29) is 0 Å². The first-order valence-corrected chi connectivity index (χ1v) is 17.4. The number of aromatic nitrogens is 3. The molecule has 0 spiro atoms. The molecule has 0 bridgehead atoms. The summed E-state index contributed by atoms with van der Waals surface area (Å²) in [4.78, 5) is 14.9. The van der Waals surface area contributed by atoms with Gasteiger partial charge in [-0.1, -0.05) is 109 Å². The number of thiophene rings is 1. The SMILES string of the molecule is c1ccc(-c2nc(-c3cccc(-c4ccccn4)c3)cc(-c3ccc(-c4cccc5sc6ccccc6c45)c4c3oc3ccccc34)n2)cc1. The van der Waals surface area contributed by atoms with Crippen LogP contribution in [0, 0.1) is 0 Å². The highest BCUT2D eigenvalue weighted by atomic mass is 32.1. The third kappa shape index (κ3) is 4.71. The summed E-state index contributed by atoms with van der Waals surface area (Å²) in [5.41, 5.74) is 10.4. The summed E-state index contributed by atoms with van der Waals surface area (Å²) in [6.07, 6.45) is 1.82. The Kier molecular flexibility index (Phi) is 6.64. The van der Waals surface area contributed by atoms with Gasteiger partial charge in [0.05, 0.1) is 17.1 Å². The molecule has 234 valence electrons. The number of benzene rings is 6. The highest BCUT2D eigenvalue weighted by Crippen LogP contribution is 2.46. The molecule has 0 atom stereocenters. The van der Waals surface area contributed by atoms with Crippen LogP contribution in [0.1, 0.15) is 0 Å². The molecule has 50 heavy (non-hydrogen) atoms. The van der Waals surface area contributed by atoms with Crippen molar-refractivity contribution in [3.8, 4) is 56.3 Å². The molecular weight excluding hydrogens is 631 g/mol. The topological polar surface area (TPSA) is 51.8 Å². The quantitative estimate of drug-likeness (QED) is 0.185. The van der Waals surface area contributed by atoms with Crippen LogP contribution in [0.3, 0.4) is 0 Å². The zero-order valence-electron chi connectivity index (χ0n) is 26.7. The second-order valence-electron chi connectivity index (χ2n) is 12.4. The van der Waals surface area contributed by atoms with Crippen molar-refractivity contribution in [1.29, 1.82) is 0 Å². The number of para-hydroxylation sites is 1. The summed E-state index contributed by atoms with van der Waals surface area (Å²) in [5, 5.41) is 4.71. The number of rotatable bonds is 5. The predicted octanol–water partition coefficient (Wildman–Crippen LogP) is 12.5. The van der Waals surface area contributed by atoms with Gasteiger partial charge in [-0.15, -0.1) is 11.3 Å². The molecule has 0 fully saturated rings. The molecule has 4 nitrogen and oxygen atoms in total. The summed E-state index contributed by atoms with van der Waals surface area (Å²) in [5.74, 6) is 0.657. The molecule has 10 aromatic rings. The largest absolute Gasteiger partial charge is 0.455 e. The maximum atomic E-state index is 6.78. The lowest BCUT2D eigenvalue weighted by Gasteiger charge is -2.12. The van der Waals surface area contributed by atoms with E-state index >= 15 is 0 Å². The standard InChI is InChI=1S/C45H27N3OS/c1-2-12-28(13-3-1)45-47-37(30-15-10-14-29(26-30)36-19-8-9-25-46-36)27-38(48-45)33-24-23-32(43-34-16-4-6-20-39(34)49-44(33)43)31-18-11-22-41-42(31)35-17-5-7-21-40(35)50-41/h1-27H. The van der Waals surface area contributed by atoms with Crippen LogP contribution >= 0.6 is 11.3 Å². The van der Waals surface area contributed by atoms with Gasteiger partial charge in [0.25, 0.3) is 0 Å². The van der Waals surface area contributed by atoms with Gasteiger partial charge in [-0.25, -0.2) is 9.97 Å². The summed E-state index contributed by atoms with van der Waals surface area (Å²) >= 11 is 1.84. The molecule has 0 aliphatic carbocycles. The van der Waals surface area contributed by atoms with Gasteiger partial charge in [-0.3, -0.25) is 4.98 Å². The van der Waals surface area contributed by atoms with Crippen LogP contribution in [0.4, 0.5) is 0 Å². The number of pyridine rings is 1. The van der Waals surface area contributed by atoms with Gasteiger partial charge in [-0.05, 0) is 59.7 Å². The summed E-state index contributed by atoms with van der Waals surface area (Å²) < 4.78 is 9.34. The Morgan fingerprint density at radius 2 is 1.12 bits per heavy atom. The van der Waals surface area contributed by atoms with E-state index in [4.69, 9.17) is 14.4 Å². The van der Waals surface area contributed by atoms with Gasteiger partial charge in [0.15, 0.2) is 5.82 Å². The van der Waals surface area contributed by atoms with Crippen LogP contribution in [-0.4, -0.2) is 15.0 Å². The number of hydrogen-bond donors (Lipinski definition) is 0. The molecule has 0 saturated heterocycles. The van der Waals surface area contributed by atoms with Crippen LogP contribution in [0.5, 0.6) is 0 Å². The lowest BCUT2D eigenvalue weighted by atomic mass is 9.93. The maximum absolute atomic E-state index is 6.78. The summed E-state index contributed by atoms with van der Waals surface area (Å²) in [7, 11) is 0. The molecule has 4 aromatic heterocycles. The number of hydrogen-bond acceptors (Lipinski definition) is 5. The minimum absolute atomic E-state index is 0.657. The fourth-order valence-corrected chi connectivity index (χ4v) is 8.21. The highest BCUT2D eigenvalue weighted by Gasteiger charge is 2.21. The zero-order chi connectivity index (χ0) is 33.0. The first kappa shape index (κ1) is 28.6. The molecule has 0 aliphatic rings. The van der Waals surface area contributed by atoms with E-state index in [2.05, 4.69) is 114 Å². The van der Waals surface area contributed by atoms with E-state index in [9.17, 15) is 0 Å². The van der Waals surface area contributed by atoms with E-state index in [0.29, 0.717) is 5.82 Å². The Labute approximate surface area is 292 Å². The molecule has 0 radical (unpaired) electrons. The van der Waals surface area contributed by atoms with E-state index < -0.39 is 0 Å². The third-order valence-corrected chi connectivity index (χ3v) is 10.5. The molecule has 0 aliphatic heterocycles. The molecule has 6 aromatic carbocycles. The van der Waals surface area contributed by atoms with Gasteiger partial charge in [0, 0.05) is 59.4 Å². The third-order valence-electron chi connectivity index (χ3n) is 9.37. The lowest BCUT2D eigenvalue weighted by Crippen LogP contribution is -1.96. The molecular formula is C45H27N3OS. The molecule has 10 rings (SSSR count). The maximum Gasteiger partial charge on any atom is 0.160 e. The summed E-state index contributed by atoms with van der Waals surface area (Å²) in [6.45, 7) is 0. The molecule has 0 amide bonds. The smallest absolute Gasteiger partial charge is 0.160 e. The van der Waals surface area contributed by atoms with Crippen LogP contribution in [-0.2, 0) is 0 Å². The zero-order valence-corrected chi connectivity index (χ0v) is 27.6. The molecule has 0 unspecified atom stereocenters. The van der Waals surface area contributed by atoms with Crippen LogP contribution in [0.2, 0.25) is 0 Å². The van der Waals surface area contributed by atoms with Crippen LogP contribution in [0.15, 0.2) is 168 Å². The first-order chi connectivity index (χ1) is 24.8. The lowest BCUT2D eigenvalue weighted by molar-refractivity contribution is 0.670. The second-order valence-corrected chi connectivity index (χ2v) is 13.4. The number of fused-ring (bicyclic) bond motifs is 6. The Balaban J connectivity index is 1.23. The predicted molar refractivity (Wildman–Crippen MR) is 207 cm³/mol. The van der Waals surface area contributed by atoms with E-state index in [1.165, 1.54) is 25.7 Å². The molecule has 0 N–H and O–H groups in total. The van der Waals surface area contributed by atoms with Crippen molar-refractivity contribution in [2.24, 2.45) is 0 Å². The second kappa shape index (κ2) is 11.6. The van der Waals surface area contributed by atoms with Crippen molar-refractivity contribution in [3.63, 3.8) is 0 Å². The normalized spacial score (nSPS) is 11.6. The van der Waals surface area contributed by atoms with E-state index in [0.717, 1.165) is 66.8 Å². The van der Waals surface area contributed by atoms with Gasteiger partial charge < -0.3 is 4.42 Å². The average molecular weight is 658 g/mol. The van der Waals surface area contributed by atoms with Crippen molar-refractivity contribution in [2.45, 2.75) is 0 Å². The Bertz CT molecular complexity index is 2870. The minimum Gasteiger partial charge on any atom is -0.455 e. The van der Waals surface area contributed by atoms with E-state index in [1.807, 2.05) is 66.1 Å². The fourth-order valence-electron chi connectivity index (χ4n) is 7.07. The monoisotopic (exact) mass is 657 g/mol. The van der Waals surface area contributed by atoms with Crippen molar-refractivity contribution < 1.29 is 4.42 Å². The number of furan rings is 1. The summed E-state index contributed by atoms with van der Waals surface area (Å²) in [6, 6.07) is 54.6. The van der Waals surface area contributed by atoms with Crippen molar-refractivity contribution in [2.75, 3.05) is 0 Å². The molecule has 0 saturated carbocycles. The molecule has 4 heterocycles. The van der Waals surface area contributed by atoms with Crippen molar-refractivity contribution in [1.82, 2.24) is 15.0 Å². The Hall–Kier alpha value is -6.43. The van der Waals surface area contributed by atoms with Gasteiger partial charge in [-0.2, -0.15) is 0 Å². The van der Waals surface area contributed by atoms with E-state index in [1.54, 1.807) is 0 Å². The van der Waals surface area contributed by atoms with Gasteiger partial charge >= 0.3 is 0 Å².